The number of halogens is 1. The molecule has 10 heteroatoms. The number of amides is 2. The summed E-state index contributed by atoms with van der Waals surface area (Å²) in [6, 6.07) is 0.223. The summed E-state index contributed by atoms with van der Waals surface area (Å²) in [5.41, 5.74) is 0.315. The second kappa shape index (κ2) is 11.0. The van der Waals surface area contributed by atoms with Crippen LogP contribution in [-0.4, -0.2) is 45.5 Å². The largest absolute Gasteiger partial charge is 0.481 e. The fraction of sp³-hybridized carbons (Fsp3) is 0.600. The minimum absolute atomic E-state index is 0.00955. The van der Waals surface area contributed by atoms with Gasteiger partial charge in [0.05, 0.1) is 31.2 Å². The molecule has 0 bridgehead atoms. The maximum atomic E-state index is 13.8. The molecule has 0 unspecified atom stereocenters. The van der Waals surface area contributed by atoms with E-state index in [1.807, 2.05) is 6.92 Å². The third-order valence-corrected chi connectivity index (χ3v) is 6.24. The van der Waals surface area contributed by atoms with Gasteiger partial charge in [-0.05, 0) is 58.4 Å². The van der Waals surface area contributed by atoms with Crippen LogP contribution in [0.4, 0.5) is 14.9 Å². The Labute approximate surface area is 205 Å². The van der Waals surface area contributed by atoms with E-state index in [0.717, 1.165) is 31.9 Å². The highest BCUT2D eigenvalue weighted by Crippen LogP contribution is 2.31. The van der Waals surface area contributed by atoms with Crippen molar-refractivity contribution in [1.29, 1.82) is 0 Å². The summed E-state index contributed by atoms with van der Waals surface area (Å²) in [5.74, 6) is 0.104. The average Bonchev–Trinajstić information content (AvgIpc) is 3.24. The quantitative estimate of drug-likeness (QED) is 0.584. The van der Waals surface area contributed by atoms with Crippen LogP contribution in [0.15, 0.2) is 24.7 Å². The van der Waals surface area contributed by atoms with Crippen molar-refractivity contribution in [2.75, 3.05) is 12.4 Å². The Bertz CT molecular complexity index is 1030. The molecule has 2 heterocycles. The van der Waals surface area contributed by atoms with Crippen LogP contribution in [-0.2, 0) is 9.53 Å². The molecule has 0 aromatic carbocycles. The zero-order valence-corrected chi connectivity index (χ0v) is 21.3. The first-order chi connectivity index (χ1) is 16.5. The molecule has 9 nitrogen and oxygen atoms in total. The highest BCUT2D eigenvalue weighted by atomic mass is 19.1. The van der Waals surface area contributed by atoms with Crippen LogP contribution in [0.1, 0.15) is 71.9 Å². The molecule has 1 saturated carbocycles. The predicted molar refractivity (Wildman–Crippen MR) is 130 cm³/mol. The third kappa shape index (κ3) is 7.16. The van der Waals surface area contributed by atoms with Gasteiger partial charge in [-0.15, -0.1) is 0 Å². The van der Waals surface area contributed by atoms with Gasteiger partial charge in [0, 0.05) is 11.8 Å². The molecule has 1 fully saturated rings. The van der Waals surface area contributed by atoms with E-state index in [2.05, 4.69) is 27.6 Å². The highest BCUT2D eigenvalue weighted by molar-refractivity contribution is 5.96. The minimum Gasteiger partial charge on any atom is -0.481 e. The third-order valence-electron chi connectivity index (χ3n) is 6.24. The standard InChI is InChI=1S/C25H36FN5O4/c1-15-7-9-17(10-8-15)21(30-24(33)35-25(3,4)5)22(32)29-19-13-28-31(14-19)16(2)20-11-18(26)12-27-23(20)34-6/h11-17,21H,7-10H2,1-6H3,(H,29,32)(H,30,33)/t15-,16-,17-,21-/m0/s1. The van der Waals surface area contributed by atoms with Crippen molar-refractivity contribution in [3.63, 3.8) is 0 Å². The van der Waals surface area contributed by atoms with Gasteiger partial charge in [-0.25, -0.2) is 14.2 Å². The summed E-state index contributed by atoms with van der Waals surface area (Å²) in [5, 5.41) is 9.99. The van der Waals surface area contributed by atoms with E-state index in [1.54, 1.807) is 31.6 Å². The van der Waals surface area contributed by atoms with E-state index in [1.165, 1.54) is 19.4 Å². The smallest absolute Gasteiger partial charge is 0.408 e. The molecule has 192 valence electrons. The lowest BCUT2D eigenvalue weighted by molar-refractivity contribution is -0.119. The van der Waals surface area contributed by atoms with Gasteiger partial charge in [-0.3, -0.25) is 9.48 Å². The molecular formula is C25H36FN5O4. The van der Waals surface area contributed by atoms with Gasteiger partial charge >= 0.3 is 6.09 Å². The van der Waals surface area contributed by atoms with Crippen molar-refractivity contribution in [3.05, 3.63) is 36.0 Å². The summed E-state index contributed by atoms with van der Waals surface area (Å²) in [6.45, 7) is 9.37. The molecule has 2 atom stereocenters. The first-order valence-electron chi connectivity index (χ1n) is 12.0. The second-order valence-corrected chi connectivity index (χ2v) is 10.3. The van der Waals surface area contributed by atoms with Crippen molar-refractivity contribution >= 4 is 17.7 Å². The van der Waals surface area contributed by atoms with Crippen LogP contribution >= 0.6 is 0 Å². The monoisotopic (exact) mass is 489 g/mol. The molecule has 0 aliphatic heterocycles. The predicted octanol–water partition coefficient (Wildman–Crippen LogP) is 4.69. The summed E-state index contributed by atoms with van der Waals surface area (Å²) in [4.78, 5) is 29.8. The Hall–Kier alpha value is -3.17. The van der Waals surface area contributed by atoms with E-state index in [-0.39, 0.29) is 11.8 Å². The van der Waals surface area contributed by atoms with Crippen molar-refractivity contribution < 1.29 is 23.5 Å². The molecule has 2 N–H and O–H groups in total. The Morgan fingerprint density at radius 1 is 1.20 bits per heavy atom. The topological polar surface area (TPSA) is 107 Å². The Morgan fingerprint density at radius 2 is 1.89 bits per heavy atom. The second-order valence-electron chi connectivity index (χ2n) is 10.3. The molecule has 35 heavy (non-hydrogen) atoms. The maximum Gasteiger partial charge on any atom is 0.408 e. The zero-order valence-electron chi connectivity index (χ0n) is 21.3. The lowest BCUT2D eigenvalue weighted by atomic mass is 9.79. The lowest BCUT2D eigenvalue weighted by Crippen LogP contribution is -2.50. The summed E-state index contributed by atoms with van der Waals surface area (Å²) < 4.78 is 26.0. The van der Waals surface area contributed by atoms with Crippen LogP contribution in [0.2, 0.25) is 0 Å². The molecule has 0 saturated heterocycles. The number of ether oxygens (including phenoxy) is 2. The SMILES string of the molecule is COc1ncc(F)cc1[C@H](C)n1cc(NC(=O)[C@@H](NC(=O)OC(C)(C)C)[C@H]2CC[C@H](C)CC2)cn1. The molecule has 1 aliphatic carbocycles. The number of nitrogens with one attached hydrogen (secondary N) is 2. The number of carbonyl (C=O) groups is 2. The van der Waals surface area contributed by atoms with Crippen molar-refractivity contribution in [1.82, 2.24) is 20.1 Å². The van der Waals surface area contributed by atoms with E-state index in [0.29, 0.717) is 23.0 Å². The number of alkyl carbamates (subject to hydrolysis) is 1. The molecule has 1 aliphatic rings. The summed E-state index contributed by atoms with van der Waals surface area (Å²) in [7, 11) is 1.47. The van der Waals surface area contributed by atoms with Crippen molar-refractivity contribution in [2.45, 2.75) is 78.0 Å². The van der Waals surface area contributed by atoms with Crippen LogP contribution in [0, 0.1) is 17.7 Å². The number of hydrogen-bond acceptors (Lipinski definition) is 6. The number of carbonyl (C=O) groups excluding carboxylic acids is 2. The molecule has 3 rings (SSSR count). The number of nitrogens with zero attached hydrogens (tertiary/aromatic N) is 3. The number of rotatable bonds is 7. The van der Waals surface area contributed by atoms with Gasteiger partial charge in [-0.2, -0.15) is 5.10 Å². The number of aromatic nitrogens is 3. The average molecular weight is 490 g/mol. The van der Waals surface area contributed by atoms with Gasteiger partial charge < -0.3 is 20.1 Å². The molecule has 2 aromatic heterocycles. The van der Waals surface area contributed by atoms with Gasteiger partial charge in [0.25, 0.3) is 0 Å². The number of methoxy groups -OCH3 is 1. The molecule has 0 radical (unpaired) electrons. The Kier molecular flexibility index (Phi) is 8.34. The maximum absolute atomic E-state index is 13.8. The number of anilines is 1. The number of pyridine rings is 1. The fourth-order valence-corrected chi connectivity index (χ4v) is 4.34. The summed E-state index contributed by atoms with van der Waals surface area (Å²) >= 11 is 0. The molecule has 2 aromatic rings. The van der Waals surface area contributed by atoms with Crippen molar-refractivity contribution in [2.24, 2.45) is 11.8 Å². The lowest BCUT2D eigenvalue weighted by Gasteiger charge is -2.32. The van der Waals surface area contributed by atoms with Gasteiger partial charge in [0.1, 0.15) is 17.5 Å². The van der Waals surface area contributed by atoms with Gasteiger partial charge in [-0.1, -0.05) is 19.8 Å². The molecule has 0 spiro atoms. The van der Waals surface area contributed by atoms with Crippen molar-refractivity contribution in [3.8, 4) is 5.88 Å². The van der Waals surface area contributed by atoms with Gasteiger partial charge in [0.15, 0.2) is 0 Å². The zero-order chi connectivity index (χ0) is 25.8. The van der Waals surface area contributed by atoms with Gasteiger partial charge in [0.2, 0.25) is 11.8 Å². The summed E-state index contributed by atoms with van der Waals surface area (Å²) in [6.07, 6.45) is 7.34. The Balaban J connectivity index is 1.75. The molecular weight excluding hydrogens is 453 g/mol. The normalized spacial score (nSPS) is 20.0. The van der Waals surface area contributed by atoms with E-state index in [4.69, 9.17) is 9.47 Å². The minimum atomic E-state index is -0.731. The van der Waals surface area contributed by atoms with Crippen LogP contribution in [0.3, 0.4) is 0 Å². The van der Waals surface area contributed by atoms with E-state index in [9.17, 15) is 14.0 Å². The number of hydrogen-bond donors (Lipinski definition) is 2. The fourth-order valence-electron chi connectivity index (χ4n) is 4.34. The Morgan fingerprint density at radius 3 is 2.51 bits per heavy atom. The highest BCUT2D eigenvalue weighted by Gasteiger charge is 2.34. The van der Waals surface area contributed by atoms with Crippen LogP contribution in [0.5, 0.6) is 5.88 Å². The molecule has 2 amide bonds. The van der Waals surface area contributed by atoms with Crippen LogP contribution < -0.4 is 15.4 Å². The van der Waals surface area contributed by atoms with Crippen LogP contribution in [0.25, 0.3) is 0 Å². The van der Waals surface area contributed by atoms with E-state index < -0.39 is 29.6 Å². The first-order valence-corrected chi connectivity index (χ1v) is 12.0. The van der Waals surface area contributed by atoms with E-state index >= 15 is 0 Å². The first kappa shape index (κ1) is 26.4.